The molecular formula is C16H14ClN3O. The molecule has 0 saturated carbocycles. The molecule has 106 valence electrons. The van der Waals surface area contributed by atoms with Gasteiger partial charge in [0.15, 0.2) is 0 Å². The molecule has 21 heavy (non-hydrogen) atoms. The van der Waals surface area contributed by atoms with Crippen molar-refractivity contribution in [3.05, 3.63) is 65.0 Å². The molecular weight excluding hydrogens is 286 g/mol. The van der Waals surface area contributed by atoms with Crippen LogP contribution in [0.5, 0.6) is 0 Å². The molecule has 0 radical (unpaired) electrons. The maximum atomic E-state index is 5.95. The Bertz CT molecular complexity index is 737. The number of hydrogen-bond acceptors (Lipinski definition) is 4. The smallest absolute Gasteiger partial charge is 0.247 e. The first-order chi connectivity index (χ1) is 10.2. The lowest BCUT2D eigenvalue weighted by Crippen LogP contribution is -1.99. The lowest BCUT2D eigenvalue weighted by molar-refractivity contribution is 0.515. The molecule has 3 aromatic rings. The summed E-state index contributed by atoms with van der Waals surface area (Å²) in [6, 6.07) is 15.5. The summed E-state index contributed by atoms with van der Waals surface area (Å²) in [5, 5.41) is 12.0. The van der Waals surface area contributed by atoms with Gasteiger partial charge in [-0.2, -0.15) is 0 Å². The molecule has 0 amide bonds. The quantitative estimate of drug-likeness (QED) is 0.780. The second-order valence-corrected chi connectivity index (χ2v) is 5.17. The fraction of sp³-hybridized carbons (Fsp3) is 0.125. The van der Waals surface area contributed by atoms with E-state index in [0.717, 1.165) is 11.3 Å². The lowest BCUT2D eigenvalue weighted by atomic mass is 10.2. The van der Waals surface area contributed by atoms with E-state index in [9.17, 15) is 0 Å². The molecule has 1 heterocycles. The van der Waals surface area contributed by atoms with Crippen LogP contribution in [-0.2, 0) is 6.54 Å². The van der Waals surface area contributed by atoms with Gasteiger partial charge < -0.3 is 9.73 Å². The highest BCUT2D eigenvalue weighted by atomic mass is 35.5. The predicted octanol–water partition coefficient (Wildman–Crippen LogP) is 4.31. The first kappa shape index (κ1) is 13.6. The minimum atomic E-state index is 0.471. The molecule has 0 aliphatic rings. The van der Waals surface area contributed by atoms with Crippen molar-refractivity contribution in [2.75, 3.05) is 5.32 Å². The van der Waals surface area contributed by atoms with Crippen molar-refractivity contribution in [1.82, 2.24) is 10.2 Å². The summed E-state index contributed by atoms with van der Waals surface area (Å²) >= 11 is 5.95. The van der Waals surface area contributed by atoms with Crippen LogP contribution in [0.3, 0.4) is 0 Å². The molecule has 0 bridgehead atoms. The van der Waals surface area contributed by atoms with Gasteiger partial charge in [-0.1, -0.05) is 35.4 Å². The third kappa shape index (κ3) is 3.41. The Morgan fingerprint density at radius 1 is 1.10 bits per heavy atom. The third-order valence-electron chi connectivity index (χ3n) is 3.03. The van der Waals surface area contributed by atoms with Gasteiger partial charge in [0, 0.05) is 16.3 Å². The molecule has 0 saturated heterocycles. The second kappa shape index (κ2) is 5.97. The number of nitrogens with one attached hydrogen (secondary N) is 1. The van der Waals surface area contributed by atoms with Crippen molar-refractivity contribution < 1.29 is 4.42 Å². The molecule has 4 nitrogen and oxygen atoms in total. The van der Waals surface area contributed by atoms with Crippen molar-refractivity contribution in [3.63, 3.8) is 0 Å². The number of benzene rings is 2. The summed E-state index contributed by atoms with van der Waals surface area (Å²) < 4.78 is 5.63. The molecule has 1 aromatic heterocycles. The van der Waals surface area contributed by atoms with Crippen LogP contribution >= 0.6 is 11.6 Å². The van der Waals surface area contributed by atoms with Gasteiger partial charge in [-0.15, -0.1) is 10.2 Å². The Labute approximate surface area is 127 Å². The maximum absolute atomic E-state index is 5.95. The van der Waals surface area contributed by atoms with Gasteiger partial charge in [0.2, 0.25) is 11.8 Å². The monoisotopic (exact) mass is 299 g/mol. The summed E-state index contributed by atoms with van der Waals surface area (Å²) in [6.45, 7) is 2.54. The van der Waals surface area contributed by atoms with E-state index in [2.05, 4.69) is 22.4 Å². The molecule has 3 rings (SSSR count). The Morgan fingerprint density at radius 2 is 1.90 bits per heavy atom. The van der Waals surface area contributed by atoms with Gasteiger partial charge in [-0.25, -0.2) is 0 Å². The summed E-state index contributed by atoms with van der Waals surface area (Å²) in [5.74, 6) is 1.00. The largest absolute Gasteiger partial charge is 0.419 e. The Balaban J connectivity index is 1.69. The Kier molecular flexibility index (Phi) is 3.88. The Hall–Kier alpha value is -2.33. The molecule has 0 spiro atoms. The average molecular weight is 300 g/mol. The molecule has 0 aliphatic carbocycles. The summed E-state index contributed by atoms with van der Waals surface area (Å²) in [7, 11) is 0. The second-order valence-electron chi connectivity index (χ2n) is 4.73. The lowest BCUT2D eigenvalue weighted by Gasteiger charge is -2.03. The average Bonchev–Trinajstić information content (AvgIpc) is 2.96. The first-order valence-electron chi connectivity index (χ1n) is 6.59. The van der Waals surface area contributed by atoms with Crippen LogP contribution in [-0.4, -0.2) is 10.2 Å². The summed E-state index contributed by atoms with van der Waals surface area (Å²) in [4.78, 5) is 0. The van der Waals surface area contributed by atoms with Gasteiger partial charge in [0.1, 0.15) is 0 Å². The Morgan fingerprint density at radius 3 is 2.67 bits per heavy atom. The van der Waals surface area contributed by atoms with Crippen molar-refractivity contribution in [2.24, 2.45) is 0 Å². The predicted molar refractivity (Wildman–Crippen MR) is 83.2 cm³/mol. The van der Waals surface area contributed by atoms with Gasteiger partial charge in [0.25, 0.3) is 0 Å². The number of hydrogen-bond donors (Lipinski definition) is 1. The minimum Gasteiger partial charge on any atom is -0.419 e. The molecule has 0 aliphatic heterocycles. The number of halogens is 1. The topological polar surface area (TPSA) is 51.0 Å². The van der Waals surface area contributed by atoms with Gasteiger partial charge in [0.05, 0.1) is 6.54 Å². The fourth-order valence-electron chi connectivity index (χ4n) is 1.91. The van der Waals surface area contributed by atoms with Crippen LogP contribution in [0.4, 0.5) is 5.69 Å². The molecule has 0 fully saturated rings. The fourth-order valence-corrected chi connectivity index (χ4v) is 2.10. The van der Waals surface area contributed by atoms with Crippen LogP contribution in [0.1, 0.15) is 11.5 Å². The van der Waals surface area contributed by atoms with E-state index in [1.54, 1.807) is 12.1 Å². The van der Waals surface area contributed by atoms with Crippen LogP contribution < -0.4 is 5.32 Å². The molecule has 0 unspecified atom stereocenters. The van der Waals surface area contributed by atoms with Gasteiger partial charge >= 0.3 is 0 Å². The van der Waals surface area contributed by atoms with Crippen molar-refractivity contribution in [2.45, 2.75) is 13.5 Å². The highest BCUT2D eigenvalue weighted by Gasteiger charge is 2.08. The minimum absolute atomic E-state index is 0.471. The zero-order chi connectivity index (χ0) is 14.7. The normalized spacial score (nSPS) is 10.6. The van der Waals surface area contributed by atoms with E-state index in [0.29, 0.717) is 23.3 Å². The SMILES string of the molecule is Cc1ccc(NCc2nnc(-c3cccc(Cl)c3)o2)cc1. The van der Waals surface area contributed by atoms with Crippen molar-refractivity contribution in [1.29, 1.82) is 0 Å². The maximum Gasteiger partial charge on any atom is 0.247 e. The van der Waals surface area contributed by atoms with E-state index in [1.165, 1.54) is 5.56 Å². The van der Waals surface area contributed by atoms with E-state index >= 15 is 0 Å². The van der Waals surface area contributed by atoms with E-state index < -0.39 is 0 Å². The van der Waals surface area contributed by atoms with Crippen LogP contribution in [0.2, 0.25) is 5.02 Å². The number of nitrogens with zero attached hydrogens (tertiary/aromatic N) is 2. The molecule has 2 aromatic carbocycles. The third-order valence-corrected chi connectivity index (χ3v) is 3.27. The first-order valence-corrected chi connectivity index (χ1v) is 6.97. The van der Waals surface area contributed by atoms with Gasteiger partial charge in [-0.3, -0.25) is 0 Å². The van der Waals surface area contributed by atoms with E-state index in [1.807, 2.05) is 36.4 Å². The number of aryl methyl sites for hydroxylation is 1. The molecule has 1 N–H and O–H groups in total. The van der Waals surface area contributed by atoms with Crippen LogP contribution in [0.25, 0.3) is 11.5 Å². The number of anilines is 1. The van der Waals surface area contributed by atoms with Crippen molar-refractivity contribution >= 4 is 17.3 Å². The van der Waals surface area contributed by atoms with Gasteiger partial charge in [-0.05, 0) is 37.3 Å². The summed E-state index contributed by atoms with van der Waals surface area (Å²) in [6.07, 6.45) is 0. The number of rotatable bonds is 4. The zero-order valence-corrected chi connectivity index (χ0v) is 12.3. The van der Waals surface area contributed by atoms with E-state index in [-0.39, 0.29) is 0 Å². The molecule has 0 atom stereocenters. The van der Waals surface area contributed by atoms with Crippen molar-refractivity contribution in [3.8, 4) is 11.5 Å². The number of aromatic nitrogens is 2. The van der Waals surface area contributed by atoms with E-state index in [4.69, 9.17) is 16.0 Å². The standard InChI is InChI=1S/C16H14ClN3O/c1-11-5-7-14(8-6-11)18-10-15-19-20-16(21-15)12-3-2-4-13(17)9-12/h2-9,18H,10H2,1H3. The summed E-state index contributed by atoms with van der Waals surface area (Å²) in [5.41, 5.74) is 3.06. The highest BCUT2D eigenvalue weighted by Crippen LogP contribution is 2.21. The van der Waals surface area contributed by atoms with Crippen LogP contribution in [0, 0.1) is 6.92 Å². The molecule has 5 heteroatoms. The highest BCUT2D eigenvalue weighted by molar-refractivity contribution is 6.30. The zero-order valence-electron chi connectivity index (χ0n) is 11.5. The van der Waals surface area contributed by atoms with Crippen LogP contribution in [0.15, 0.2) is 52.9 Å².